The Labute approximate surface area is 160 Å². The first kappa shape index (κ1) is 17.5. The maximum absolute atomic E-state index is 14.6. The molecular formula is C19H17ClFN5O. The second-order valence-corrected chi connectivity index (χ2v) is 6.89. The second-order valence-electron chi connectivity index (χ2n) is 6.45. The zero-order chi connectivity index (χ0) is 19.0. The standard InChI is InChI=1S/C19H17ClFN5O/c1-11-16(18(27)25-13-8-6-12(20)7-9-13)17(14-4-2-3-5-15(14)21)26-19(24-11)22-10-23-26/h2-11,16-17H,1H3,(H,25,27)(H,22,23,24). The van der Waals surface area contributed by atoms with Crippen LogP contribution in [-0.2, 0) is 4.79 Å². The number of nitrogens with zero attached hydrogens (tertiary/aromatic N) is 3. The lowest BCUT2D eigenvalue weighted by molar-refractivity contribution is -0.121. The van der Waals surface area contributed by atoms with E-state index in [1.807, 2.05) is 6.92 Å². The van der Waals surface area contributed by atoms with Gasteiger partial charge in [0.25, 0.3) is 0 Å². The number of rotatable bonds is 3. The first-order chi connectivity index (χ1) is 13.0. The number of benzene rings is 2. The number of aromatic nitrogens is 3. The number of carbonyl (C=O) groups is 1. The van der Waals surface area contributed by atoms with Crippen LogP contribution in [0.3, 0.4) is 0 Å². The predicted octanol–water partition coefficient (Wildman–Crippen LogP) is 3.73. The van der Waals surface area contributed by atoms with Crippen LogP contribution in [0.5, 0.6) is 0 Å². The highest BCUT2D eigenvalue weighted by atomic mass is 35.5. The van der Waals surface area contributed by atoms with Crippen molar-refractivity contribution in [3.05, 3.63) is 71.3 Å². The van der Waals surface area contributed by atoms with Gasteiger partial charge in [-0.25, -0.2) is 9.07 Å². The molecule has 0 saturated heterocycles. The minimum atomic E-state index is -0.618. The molecule has 0 bridgehead atoms. The van der Waals surface area contributed by atoms with Gasteiger partial charge in [0.15, 0.2) is 0 Å². The highest BCUT2D eigenvalue weighted by molar-refractivity contribution is 6.30. The fraction of sp³-hybridized carbons (Fsp3) is 0.211. The molecule has 1 aromatic heterocycles. The molecule has 8 heteroatoms. The van der Waals surface area contributed by atoms with Crippen LogP contribution in [0.4, 0.5) is 16.0 Å². The Morgan fingerprint density at radius 1 is 1.22 bits per heavy atom. The summed E-state index contributed by atoms with van der Waals surface area (Å²) < 4.78 is 16.1. The van der Waals surface area contributed by atoms with Crippen LogP contribution in [0.1, 0.15) is 18.5 Å². The first-order valence-corrected chi connectivity index (χ1v) is 8.89. The zero-order valence-corrected chi connectivity index (χ0v) is 15.2. The molecule has 2 heterocycles. The van der Waals surface area contributed by atoms with Crippen molar-refractivity contribution in [3.8, 4) is 0 Å². The van der Waals surface area contributed by atoms with E-state index in [1.165, 1.54) is 12.4 Å². The van der Waals surface area contributed by atoms with Crippen LogP contribution in [0.2, 0.25) is 5.02 Å². The molecule has 0 saturated carbocycles. The molecule has 2 N–H and O–H groups in total. The summed E-state index contributed by atoms with van der Waals surface area (Å²) in [5.74, 6) is -0.729. The molecule has 138 valence electrons. The third-order valence-electron chi connectivity index (χ3n) is 4.71. The summed E-state index contributed by atoms with van der Waals surface area (Å²) in [7, 11) is 0. The Hall–Kier alpha value is -2.93. The molecular weight excluding hydrogens is 369 g/mol. The van der Waals surface area contributed by atoms with Gasteiger partial charge in [-0.05, 0) is 37.3 Å². The number of carbonyl (C=O) groups excluding carboxylic acids is 1. The molecule has 0 fully saturated rings. The topological polar surface area (TPSA) is 71.8 Å². The number of halogens is 2. The molecule has 1 aliphatic rings. The third kappa shape index (κ3) is 3.26. The summed E-state index contributed by atoms with van der Waals surface area (Å²) in [6.07, 6.45) is 1.39. The molecule has 1 aliphatic heterocycles. The van der Waals surface area contributed by atoms with E-state index in [2.05, 4.69) is 20.7 Å². The van der Waals surface area contributed by atoms with Crippen LogP contribution in [-0.4, -0.2) is 26.7 Å². The Morgan fingerprint density at radius 3 is 2.70 bits per heavy atom. The Morgan fingerprint density at radius 2 is 1.96 bits per heavy atom. The van der Waals surface area contributed by atoms with Crippen LogP contribution in [0.15, 0.2) is 54.9 Å². The monoisotopic (exact) mass is 385 g/mol. The molecule has 6 nitrogen and oxygen atoms in total. The normalized spacial score (nSPS) is 21.2. The van der Waals surface area contributed by atoms with Crippen LogP contribution < -0.4 is 10.6 Å². The van der Waals surface area contributed by atoms with Crippen molar-refractivity contribution < 1.29 is 9.18 Å². The number of amides is 1. The fourth-order valence-electron chi connectivity index (χ4n) is 3.45. The lowest BCUT2D eigenvalue weighted by Gasteiger charge is -2.36. The summed E-state index contributed by atoms with van der Waals surface area (Å²) in [5, 5.41) is 10.9. The summed E-state index contributed by atoms with van der Waals surface area (Å²) in [4.78, 5) is 17.3. The predicted molar refractivity (Wildman–Crippen MR) is 101 cm³/mol. The van der Waals surface area contributed by atoms with Crippen molar-refractivity contribution in [2.75, 3.05) is 10.6 Å². The van der Waals surface area contributed by atoms with Crippen LogP contribution >= 0.6 is 11.6 Å². The Kier molecular flexibility index (Phi) is 4.53. The van der Waals surface area contributed by atoms with Gasteiger partial charge in [-0.15, -0.1) is 0 Å². The van der Waals surface area contributed by atoms with Crippen molar-refractivity contribution in [1.29, 1.82) is 0 Å². The van der Waals surface area contributed by atoms with Gasteiger partial charge in [-0.1, -0.05) is 29.8 Å². The SMILES string of the molecule is CC1Nc2ncnn2C(c2ccccc2F)C1C(=O)Nc1ccc(Cl)cc1. The minimum absolute atomic E-state index is 0.244. The average molecular weight is 386 g/mol. The lowest BCUT2D eigenvalue weighted by Crippen LogP contribution is -2.46. The molecule has 3 unspecified atom stereocenters. The van der Waals surface area contributed by atoms with Gasteiger partial charge in [0.2, 0.25) is 11.9 Å². The van der Waals surface area contributed by atoms with E-state index in [9.17, 15) is 9.18 Å². The summed E-state index contributed by atoms with van der Waals surface area (Å²) >= 11 is 5.90. The van der Waals surface area contributed by atoms with Gasteiger partial charge >= 0.3 is 0 Å². The van der Waals surface area contributed by atoms with Crippen molar-refractivity contribution >= 4 is 29.1 Å². The highest BCUT2D eigenvalue weighted by Crippen LogP contribution is 2.37. The van der Waals surface area contributed by atoms with Gasteiger partial charge in [0.05, 0.1) is 12.0 Å². The number of fused-ring (bicyclic) bond motifs is 1. The Balaban J connectivity index is 1.73. The van der Waals surface area contributed by atoms with Crippen molar-refractivity contribution in [2.45, 2.75) is 19.0 Å². The summed E-state index contributed by atoms with van der Waals surface area (Å²) in [5.41, 5.74) is 1.02. The highest BCUT2D eigenvalue weighted by Gasteiger charge is 2.42. The van der Waals surface area contributed by atoms with Gasteiger partial charge in [-0.3, -0.25) is 4.79 Å². The first-order valence-electron chi connectivity index (χ1n) is 8.51. The zero-order valence-electron chi connectivity index (χ0n) is 14.4. The van der Waals surface area contributed by atoms with Gasteiger partial charge in [0.1, 0.15) is 12.1 Å². The van der Waals surface area contributed by atoms with E-state index in [1.54, 1.807) is 47.1 Å². The molecule has 4 rings (SSSR count). The lowest BCUT2D eigenvalue weighted by atomic mass is 9.85. The largest absolute Gasteiger partial charge is 0.351 e. The van der Waals surface area contributed by atoms with Crippen molar-refractivity contribution in [1.82, 2.24) is 14.8 Å². The molecule has 0 aliphatic carbocycles. The van der Waals surface area contributed by atoms with Crippen molar-refractivity contribution in [3.63, 3.8) is 0 Å². The molecule has 0 radical (unpaired) electrons. The van der Waals surface area contributed by atoms with Crippen LogP contribution in [0, 0.1) is 11.7 Å². The second kappa shape index (κ2) is 7.00. The van der Waals surface area contributed by atoms with E-state index in [0.717, 1.165) is 0 Å². The fourth-order valence-corrected chi connectivity index (χ4v) is 3.57. The van der Waals surface area contributed by atoms with Gasteiger partial charge in [-0.2, -0.15) is 10.1 Å². The maximum Gasteiger partial charge on any atom is 0.232 e. The summed E-state index contributed by atoms with van der Waals surface area (Å²) in [6.45, 7) is 1.87. The Bertz CT molecular complexity index is 974. The molecule has 3 atom stereocenters. The molecule has 3 aromatic rings. The van der Waals surface area contributed by atoms with E-state index in [4.69, 9.17) is 11.6 Å². The molecule has 1 amide bonds. The molecule has 27 heavy (non-hydrogen) atoms. The summed E-state index contributed by atoms with van der Waals surface area (Å²) in [6, 6.07) is 12.4. The number of anilines is 2. The van der Waals surface area contributed by atoms with Crippen LogP contribution in [0.25, 0.3) is 0 Å². The third-order valence-corrected chi connectivity index (χ3v) is 4.96. The van der Waals surface area contributed by atoms with E-state index in [-0.39, 0.29) is 17.8 Å². The molecule has 2 aromatic carbocycles. The number of hydrogen-bond donors (Lipinski definition) is 2. The van der Waals surface area contributed by atoms with Gasteiger partial charge < -0.3 is 10.6 Å². The van der Waals surface area contributed by atoms with Crippen molar-refractivity contribution in [2.24, 2.45) is 5.92 Å². The maximum atomic E-state index is 14.6. The quantitative estimate of drug-likeness (QED) is 0.720. The van der Waals surface area contributed by atoms with E-state index >= 15 is 0 Å². The van der Waals surface area contributed by atoms with Gasteiger partial charge in [0, 0.05) is 22.3 Å². The average Bonchev–Trinajstić information content (AvgIpc) is 3.11. The molecule has 0 spiro atoms. The van der Waals surface area contributed by atoms with E-state index in [0.29, 0.717) is 22.2 Å². The minimum Gasteiger partial charge on any atom is -0.351 e. The smallest absolute Gasteiger partial charge is 0.232 e. The number of hydrogen-bond acceptors (Lipinski definition) is 4. The number of nitrogens with one attached hydrogen (secondary N) is 2. The van der Waals surface area contributed by atoms with E-state index < -0.39 is 12.0 Å².